The molecule has 1 N–H and O–H groups in total. The number of nitrogens with zero attached hydrogens (tertiary/aromatic N) is 1. The van der Waals surface area contributed by atoms with Crippen LogP contribution >= 0.6 is 31.9 Å². The maximum absolute atomic E-state index is 13.6. The van der Waals surface area contributed by atoms with Crippen LogP contribution in [0, 0.1) is 5.82 Å². The van der Waals surface area contributed by atoms with Crippen LogP contribution in [0.1, 0.15) is 18.5 Å². The van der Waals surface area contributed by atoms with Crippen molar-refractivity contribution in [3.63, 3.8) is 0 Å². The lowest BCUT2D eigenvalue weighted by atomic mass is 10.1. The molecule has 2 aromatic rings. The van der Waals surface area contributed by atoms with Crippen LogP contribution in [-0.2, 0) is 0 Å². The minimum atomic E-state index is -0.367. The maximum atomic E-state index is 13.6. The van der Waals surface area contributed by atoms with Crippen molar-refractivity contribution in [3.8, 4) is 0 Å². The summed E-state index contributed by atoms with van der Waals surface area (Å²) in [5.74, 6) is -0.109. The quantitative estimate of drug-likeness (QED) is 0.825. The van der Waals surface area contributed by atoms with E-state index in [1.165, 1.54) is 6.07 Å². The highest BCUT2D eigenvalue weighted by Gasteiger charge is 2.09. The van der Waals surface area contributed by atoms with Crippen molar-refractivity contribution >= 4 is 37.7 Å². The Bertz CT molecular complexity index is 543. The van der Waals surface area contributed by atoms with E-state index in [0.29, 0.717) is 4.47 Å². The van der Waals surface area contributed by atoms with Crippen LogP contribution in [0.5, 0.6) is 0 Å². The molecule has 0 spiro atoms. The first-order valence-electron chi connectivity index (χ1n) is 5.39. The van der Waals surface area contributed by atoms with E-state index in [9.17, 15) is 4.39 Å². The summed E-state index contributed by atoms with van der Waals surface area (Å²) in [6.07, 6.45) is 1.57. The van der Waals surface area contributed by atoms with Crippen molar-refractivity contribution in [2.45, 2.75) is 13.0 Å². The van der Waals surface area contributed by atoms with Gasteiger partial charge < -0.3 is 5.32 Å². The molecule has 94 valence electrons. The van der Waals surface area contributed by atoms with Gasteiger partial charge in [0.2, 0.25) is 0 Å². The van der Waals surface area contributed by atoms with E-state index in [1.54, 1.807) is 6.20 Å². The lowest BCUT2D eigenvalue weighted by molar-refractivity contribution is 0.620. The number of nitrogens with one attached hydrogen (secondary N) is 1. The standard InChI is InChI=1S/C13H11Br2FN2/c1-8(9-2-4-10(14)5-3-9)18-13-12(16)6-11(15)7-17-13/h2-8H,1H3,(H,17,18). The first-order chi connectivity index (χ1) is 8.56. The van der Waals surface area contributed by atoms with E-state index in [-0.39, 0.29) is 17.7 Å². The van der Waals surface area contributed by atoms with Gasteiger partial charge in [0.25, 0.3) is 0 Å². The molecule has 2 rings (SSSR count). The Labute approximate surface area is 122 Å². The molecule has 0 radical (unpaired) electrons. The number of pyridine rings is 1. The van der Waals surface area contributed by atoms with E-state index in [2.05, 4.69) is 42.2 Å². The van der Waals surface area contributed by atoms with Crippen molar-refractivity contribution in [1.82, 2.24) is 4.98 Å². The molecule has 1 atom stereocenters. The first-order valence-corrected chi connectivity index (χ1v) is 6.98. The number of benzene rings is 1. The third kappa shape index (κ3) is 3.29. The molecule has 0 saturated heterocycles. The number of rotatable bonds is 3. The molecular weight excluding hydrogens is 363 g/mol. The molecule has 0 aliphatic carbocycles. The number of anilines is 1. The number of hydrogen-bond acceptors (Lipinski definition) is 2. The monoisotopic (exact) mass is 372 g/mol. The minimum Gasteiger partial charge on any atom is -0.361 e. The van der Waals surface area contributed by atoms with Crippen LogP contribution in [0.4, 0.5) is 10.2 Å². The van der Waals surface area contributed by atoms with Crippen LogP contribution in [0.3, 0.4) is 0 Å². The minimum absolute atomic E-state index is 0.0127. The van der Waals surface area contributed by atoms with Crippen molar-refractivity contribution in [2.24, 2.45) is 0 Å². The molecule has 0 amide bonds. The van der Waals surface area contributed by atoms with Gasteiger partial charge in [-0.15, -0.1) is 0 Å². The van der Waals surface area contributed by atoms with Crippen molar-refractivity contribution < 1.29 is 4.39 Å². The van der Waals surface area contributed by atoms with Gasteiger partial charge in [-0.25, -0.2) is 9.37 Å². The van der Waals surface area contributed by atoms with Crippen molar-refractivity contribution in [2.75, 3.05) is 5.32 Å². The lowest BCUT2D eigenvalue weighted by Gasteiger charge is -2.15. The Morgan fingerprint density at radius 2 is 1.83 bits per heavy atom. The summed E-state index contributed by atoms with van der Waals surface area (Å²) < 4.78 is 15.3. The fraction of sp³-hybridized carbons (Fsp3) is 0.154. The average molecular weight is 374 g/mol. The summed E-state index contributed by atoms with van der Waals surface area (Å²) in [4.78, 5) is 4.02. The molecule has 0 aliphatic heterocycles. The van der Waals surface area contributed by atoms with Crippen molar-refractivity contribution in [1.29, 1.82) is 0 Å². The Hall–Kier alpha value is -0.940. The second kappa shape index (κ2) is 5.80. The molecule has 1 heterocycles. The van der Waals surface area contributed by atoms with Crippen LogP contribution in [0.15, 0.2) is 45.5 Å². The van der Waals surface area contributed by atoms with Crippen LogP contribution in [0.2, 0.25) is 0 Å². The first kappa shape index (κ1) is 13.5. The molecule has 18 heavy (non-hydrogen) atoms. The molecule has 1 unspecified atom stereocenters. The molecule has 1 aromatic carbocycles. The Morgan fingerprint density at radius 1 is 1.17 bits per heavy atom. The Morgan fingerprint density at radius 3 is 2.44 bits per heavy atom. The largest absolute Gasteiger partial charge is 0.361 e. The highest BCUT2D eigenvalue weighted by atomic mass is 79.9. The van der Waals surface area contributed by atoms with Gasteiger partial charge >= 0.3 is 0 Å². The molecule has 0 bridgehead atoms. The van der Waals surface area contributed by atoms with Gasteiger partial charge in [0, 0.05) is 15.1 Å². The van der Waals surface area contributed by atoms with E-state index in [1.807, 2.05) is 31.2 Å². The second-order valence-electron chi connectivity index (χ2n) is 3.90. The lowest BCUT2D eigenvalue weighted by Crippen LogP contribution is -2.09. The second-order valence-corrected chi connectivity index (χ2v) is 5.73. The van der Waals surface area contributed by atoms with Gasteiger partial charge in [-0.2, -0.15) is 0 Å². The van der Waals surface area contributed by atoms with E-state index < -0.39 is 0 Å². The molecule has 0 aliphatic rings. The summed E-state index contributed by atoms with van der Waals surface area (Å²) in [5, 5.41) is 3.05. The van der Waals surface area contributed by atoms with Crippen LogP contribution in [0.25, 0.3) is 0 Å². The Balaban J connectivity index is 2.15. The number of aromatic nitrogens is 1. The summed E-state index contributed by atoms with van der Waals surface area (Å²) in [5.41, 5.74) is 1.07. The number of hydrogen-bond donors (Lipinski definition) is 1. The zero-order valence-electron chi connectivity index (χ0n) is 9.62. The predicted molar refractivity (Wildman–Crippen MR) is 78.1 cm³/mol. The van der Waals surface area contributed by atoms with Crippen LogP contribution < -0.4 is 5.32 Å². The summed E-state index contributed by atoms with van der Waals surface area (Å²) in [6, 6.07) is 9.26. The average Bonchev–Trinajstić information content (AvgIpc) is 2.33. The van der Waals surface area contributed by atoms with Gasteiger partial charge in [0.1, 0.15) is 0 Å². The van der Waals surface area contributed by atoms with E-state index in [4.69, 9.17) is 0 Å². The normalized spacial score (nSPS) is 12.2. The molecule has 1 aromatic heterocycles. The van der Waals surface area contributed by atoms with Crippen LogP contribution in [-0.4, -0.2) is 4.98 Å². The van der Waals surface area contributed by atoms with Gasteiger partial charge in [-0.1, -0.05) is 28.1 Å². The highest BCUT2D eigenvalue weighted by molar-refractivity contribution is 9.10. The Kier molecular flexibility index (Phi) is 4.35. The molecule has 2 nitrogen and oxygen atoms in total. The van der Waals surface area contributed by atoms with Gasteiger partial charge in [0.15, 0.2) is 11.6 Å². The SMILES string of the molecule is CC(Nc1ncc(Br)cc1F)c1ccc(Br)cc1. The van der Waals surface area contributed by atoms with Crippen molar-refractivity contribution in [3.05, 3.63) is 56.9 Å². The molecule has 0 fully saturated rings. The topological polar surface area (TPSA) is 24.9 Å². The van der Waals surface area contributed by atoms with Gasteiger partial charge in [-0.05, 0) is 46.6 Å². The smallest absolute Gasteiger partial charge is 0.166 e. The maximum Gasteiger partial charge on any atom is 0.166 e. The molecular formula is C13H11Br2FN2. The zero-order valence-corrected chi connectivity index (χ0v) is 12.8. The summed E-state index contributed by atoms with van der Waals surface area (Å²) in [6.45, 7) is 1.96. The van der Waals surface area contributed by atoms with E-state index >= 15 is 0 Å². The molecule has 5 heteroatoms. The third-order valence-electron chi connectivity index (χ3n) is 2.53. The fourth-order valence-corrected chi connectivity index (χ4v) is 2.13. The number of halogens is 3. The van der Waals surface area contributed by atoms with E-state index in [0.717, 1.165) is 10.0 Å². The summed E-state index contributed by atoms with van der Waals surface area (Å²) >= 11 is 6.56. The highest BCUT2D eigenvalue weighted by Crippen LogP contribution is 2.23. The summed E-state index contributed by atoms with van der Waals surface area (Å²) in [7, 11) is 0. The third-order valence-corrected chi connectivity index (χ3v) is 3.49. The molecule has 0 saturated carbocycles. The zero-order chi connectivity index (χ0) is 13.1. The predicted octanol–water partition coefficient (Wildman–Crippen LogP) is 4.92. The van der Waals surface area contributed by atoms with Gasteiger partial charge in [-0.3, -0.25) is 0 Å². The fourth-order valence-electron chi connectivity index (χ4n) is 1.56. The van der Waals surface area contributed by atoms with Gasteiger partial charge in [0.05, 0.1) is 6.04 Å².